The molecule has 3 nitrogen and oxygen atoms in total. The van der Waals surface area contributed by atoms with Crippen LogP contribution in [0.1, 0.15) is 34.0 Å². The first-order valence-corrected chi connectivity index (χ1v) is 6.78. The van der Waals surface area contributed by atoms with Crippen LogP contribution in [0, 0.1) is 13.8 Å². The van der Waals surface area contributed by atoms with E-state index in [0.29, 0.717) is 6.61 Å². The number of thiazole rings is 1. The molecule has 2 aromatic rings. The van der Waals surface area contributed by atoms with E-state index in [9.17, 15) is 0 Å². The third-order valence-electron chi connectivity index (χ3n) is 2.69. The molecule has 0 saturated carbocycles. The molecular weight excluding hydrogens is 244 g/mol. The SMILES string of the molecule is Cc1ccc(OCc2cnc(C)s2)c(C(C)N)c1. The summed E-state index contributed by atoms with van der Waals surface area (Å²) < 4.78 is 5.84. The predicted octanol–water partition coefficient (Wildman–Crippen LogP) is 3.36. The molecule has 4 heteroatoms. The molecule has 1 atom stereocenters. The van der Waals surface area contributed by atoms with Gasteiger partial charge in [0.2, 0.25) is 0 Å². The van der Waals surface area contributed by atoms with E-state index in [1.165, 1.54) is 5.56 Å². The van der Waals surface area contributed by atoms with Crippen molar-refractivity contribution in [2.45, 2.75) is 33.4 Å². The Hall–Kier alpha value is -1.39. The second-order valence-electron chi connectivity index (χ2n) is 4.46. The highest BCUT2D eigenvalue weighted by molar-refractivity contribution is 7.11. The number of nitrogens with zero attached hydrogens (tertiary/aromatic N) is 1. The van der Waals surface area contributed by atoms with Crippen LogP contribution in [-0.2, 0) is 6.61 Å². The van der Waals surface area contributed by atoms with Gasteiger partial charge in [0.05, 0.1) is 9.88 Å². The summed E-state index contributed by atoms with van der Waals surface area (Å²) in [4.78, 5) is 5.34. The molecular formula is C14H18N2OS. The zero-order valence-electron chi connectivity index (χ0n) is 10.9. The third-order valence-corrected chi connectivity index (χ3v) is 3.58. The Morgan fingerprint density at radius 2 is 2.17 bits per heavy atom. The molecule has 96 valence electrons. The number of hydrogen-bond acceptors (Lipinski definition) is 4. The zero-order valence-corrected chi connectivity index (χ0v) is 11.8. The first-order valence-electron chi connectivity index (χ1n) is 5.96. The van der Waals surface area contributed by atoms with E-state index in [4.69, 9.17) is 10.5 Å². The van der Waals surface area contributed by atoms with Gasteiger partial charge in [-0.05, 0) is 26.8 Å². The molecule has 2 N–H and O–H groups in total. The lowest BCUT2D eigenvalue weighted by molar-refractivity contribution is 0.304. The van der Waals surface area contributed by atoms with Crippen molar-refractivity contribution in [1.29, 1.82) is 0 Å². The highest BCUT2D eigenvalue weighted by Crippen LogP contribution is 2.26. The van der Waals surface area contributed by atoms with Crippen LogP contribution < -0.4 is 10.5 Å². The Kier molecular flexibility index (Phi) is 3.99. The van der Waals surface area contributed by atoms with Crippen molar-refractivity contribution in [3.8, 4) is 5.75 Å². The molecule has 0 fully saturated rings. The summed E-state index contributed by atoms with van der Waals surface area (Å²) >= 11 is 1.66. The largest absolute Gasteiger partial charge is 0.488 e. The minimum atomic E-state index is -0.0249. The van der Waals surface area contributed by atoms with Gasteiger partial charge in [0.25, 0.3) is 0 Å². The molecule has 1 heterocycles. The van der Waals surface area contributed by atoms with Crippen LogP contribution in [-0.4, -0.2) is 4.98 Å². The van der Waals surface area contributed by atoms with Crippen LogP contribution in [0.25, 0.3) is 0 Å². The summed E-state index contributed by atoms with van der Waals surface area (Å²) in [7, 11) is 0. The second kappa shape index (κ2) is 5.50. The lowest BCUT2D eigenvalue weighted by atomic mass is 10.1. The smallest absolute Gasteiger partial charge is 0.124 e. The van der Waals surface area contributed by atoms with Gasteiger partial charge in [-0.1, -0.05) is 17.7 Å². The van der Waals surface area contributed by atoms with Gasteiger partial charge in [-0.2, -0.15) is 0 Å². The van der Waals surface area contributed by atoms with Crippen LogP contribution in [0.3, 0.4) is 0 Å². The monoisotopic (exact) mass is 262 g/mol. The van der Waals surface area contributed by atoms with E-state index >= 15 is 0 Å². The number of rotatable bonds is 4. The van der Waals surface area contributed by atoms with Gasteiger partial charge >= 0.3 is 0 Å². The summed E-state index contributed by atoms with van der Waals surface area (Å²) in [6, 6.07) is 6.09. The van der Waals surface area contributed by atoms with E-state index in [1.807, 2.05) is 32.2 Å². The topological polar surface area (TPSA) is 48.1 Å². The Labute approximate surface area is 112 Å². The molecule has 0 bridgehead atoms. The van der Waals surface area contributed by atoms with E-state index in [1.54, 1.807) is 11.3 Å². The summed E-state index contributed by atoms with van der Waals surface area (Å²) in [6.07, 6.45) is 1.86. The molecule has 0 aliphatic carbocycles. The Morgan fingerprint density at radius 3 is 2.78 bits per heavy atom. The number of ether oxygens (including phenoxy) is 1. The maximum Gasteiger partial charge on any atom is 0.124 e. The summed E-state index contributed by atoms with van der Waals surface area (Å²) in [5.41, 5.74) is 8.22. The Balaban J connectivity index is 2.13. The van der Waals surface area contributed by atoms with Crippen LogP contribution in [0.15, 0.2) is 24.4 Å². The van der Waals surface area contributed by atoms with Crippen molar-refractivity contribution < 1.29 is 4.74 Å². The van der Waals surface area contributed by atoms with Gasteiger partial charge in [0.1, 0.15) is 12.4 Å². The molecule has 1 aromatic heterocycles. The lowest BCUT2D eigenvalue weighted by Crippen LogP contribution is -2.08. The van der Waals surface area contributed by atoms with Gasteiger partial charge in [0, 0.05) is 17.8 Å². The molecule has 2 rings (SSSR count). The zero-order chi connectivity index (χ0) is 13.1. The van der Waals surface area contributed by atoms with E-state index in [2.05, 4.69) is 18.0 Å². The quantitative estimate of drug-likeness (QED) is 0.919. The van der Waals surface area contributed by atoms with Gasteiger partial charge in [-0.3, -0.25) is 0 Å². The predicted molar refractivity (Wildman–Crippen MR) is 75.0 cm³/mol. The lowest BCUT2D eigenvalue weighted by Gasteiger charge is -2.14. The molecule has 0 aliphatic heterocycles. The van der Waals surface area contributed by atoms with E-state index in [0.717, 1.165) is 21.2 Å². The number of hydrogen-bond donors (Lipinski definition) is 1. The number of benzene rings is 1. The van der Waals surface area contributed by atoms with Crippen LogP contribution in [0.5, 0.6) is 5.75 Å². The van der Waals surface area contributed by atoms with Gasteiger partial charge in [-0.15, -0.1) is 11.3 Å². The molecule has 0 spiro atoms. The fourth-order valence-electron chi connectivity index (χ4n) is 1.78. The summed E-state index contributed by atoms with van der Waals surface area (Å²) in [5.74, 6) is 0.863. The molecule has 18 heavy (non-hydrogen) atoms. The second-order valence-corrected chi connectivity index (χ2v) is 5.78. The molecule has 0 radical (unpaired) electrons. The maximum atomic E-state index is 5.97. The van der Waals surface area contributed by atoms with Crippen LogP contribution >= 0.6 is 11.3 Å². The fraction of sp³-hybridized carbons (Fsp3) is 0.357. The van der Waals surface area contributed by atoms with Crippen molar-refractivity contribution in [3.05, 3.63) is 45.4 Å². The molecule has 0 aliphatic rings. The average molecular weight is 262 g/mol. The Bertz CT molecular complexity index is 534. The van der Waals surface area contributed by atoms with Crippen molar-refractivity contribution in [3.63, 3.8) is 0 Å². The van der Waals surface area contributed by atoms with Gasteiger partial charge in [-0.25, -0.2) is 4.98 Å². The summed E-state index contributed by atoms with van der Waals surface area (Å²) in [6.45, 7) is 6.57. The van der Waals surface area contributed by atoms with Gasteiger partial charge < -0.3 is 10.5 Å². The number of aryl methyl sites for hydroxylation is 2. The van der Waals surface area contributed by atoms with Crippen LogP contribution in [0.2, 0.25) is 0 Å². The van der Waals surface area contributed by atoms with Crippen molar-refractivity contribution in [2.75, 3.05) is 0 Å². The molecule has 0 saturated heterocycles. The fourth-order valence-corrected chi connectivity index (χ4v) is 2.48. The molecule has 1 aromatic carbocycles. The molecule has 1 unspecified atom stereocenters. The minimum Gasteiger partial charge on any atom is -0.488 e. The number of aromatic nitrogens is 1. The molecule has 0 amide bonds. The first-order chi connectivity index (χ1) is 8.56. The van der Waals surface area contributed by atoms with Crippen molar-refractivity contribution >= 4 is 11.3 Å². The highest BCUT2D eigenvalue weighted by atomic mass is 32.1. The van der Waals surface area contributed by atoms with Crippen molar-refractivity contribution in [2.24, 2.45) is 5.73 Å². The van der Waals surface area contributed by atoms with Crippen LogP contribution in [0.4, 0.5) is 0 Å². The third kappa shape index (κ3) is 3.09. The maximum absolute atomic E-state index is 5.97. The first kappa shape index (κ1) is 13.1. The normalized spacial score (nSPS) is 12.4. The van der Waals surface area contributed by atoms with E-state index in [-0.39, 0.29) is 6.04 Å². The summed E-state index contributed by atoms with van der Waals surface area (Å²) in [5, 5.41) is 1.06. The number of nitrogens with two attached hydrogens (primary N) is 1. The average Bonchev–Trinajstić information content (AvgIpc) is 2.73. The Morgan fingerprint density at radius 1 is 1.39 bits per heavy atom. The van der Waals surface area contributed by atoms with Gasteiger partial charge in [0.15, 0.2) is 0 Å². The van der Waals surface area contributed by atoms with Crippen molar-refractivity contribution in [1.82, 2.24) is 4.98 Å². The standard InChI is InChI=1S/C14H18N2OS/c1-9-4-5-14(13(6-9)10(2)15)17-8-12-7-16-11(3)18-12/h4-7,10H,8,15H2,1-3H3. The highest BCUT2D eigenvalue weighted by Gasteiger charge is 2.09. The minimum absolute atomic E-state index is 0.0249. The van der Waals surface area contributed by atoms with E-state index < -0.39 is 0 Å².